The number of nitro groups is 1. The SMILES string of the molecule is C/C(CC(=O)Nc1cccnc1)=N\NC(=O)Cc1ccc([N+](=O)[O-])cc1. The average molecular weight is 355 g/mol. The number of anilines is 1. The molecule has 0 spiro atoms. The summed E-state index contributed by atoms with van der Waals surface area (Å²) in [5.74, 6) is -0.658. The first-order valence-corrected chi connectivity index (χ1v) is 7.69. The third-order valence-corrected chi connectivity index (χ3v) is 3.24. The number of aromatic nitrogens is 1. The van der Waals surface area contributed by atoms with Gasteiger partial charge in [0.15, 0.2) is 0 Å². The van der Waals surface area contributed by atoms with Crippen molar-refractivity contribution in [2.75, 3.05) is 5.32 Å². The van der Waals surface area contributed by atoms with Crippen molar-refractivity contribution in [2.24, 2.45) is 5.10 Å². The van der Waals surface area contributed by atoms with E-state index in [4.69, 9.17) is 0 Å². The summed E-state index contributed by atoms with van der Waals surface area (Å²) in [6.45, 7) is 1.62. The van der Waals surface area contributed by atoms with E-state index in [2.05, 4.69) is 20.8 Å². The molecule has 9 heteroatoms. The Morgan fingerprint density at radius 3 is 2.54 bits per heavy atom. The van der Waals surface area contributed by atoms with Crippen molar-refractivity contribution in [3.05, 3.63) is 64.5 Å². The van der Waals surface area contributed by atoms with Crippen molar-refractivity contribution < 1.29 is 14.5 Å². The fourth-order valence-electron chi connectivity index (χ4n) is 2.03. The molecule has 0 unspecified atom stereocenters. The second kappa shape index (κ2) is 9.02. The van der Waals surface area contributed by atoms with Gasteiger partial charge in [0, 0.05) is 24.0 Å². The lowest BCUT2D eigenvalue weighted by Gasteiger charge is -2.05. The van der Waals surface area contributed by atoms with E-state index in [0.29, 0.717) is 17.0 Å². The van der Waals surface area contributed by atoms with Crippen LogP contribution >= 0.6 is 0 Å². The van der Waals surface area contributed by atoms with Crippen LogP contribution in [0.15, 0.2) is 53.9 Å². The summed E-state index contributed by atoms with van der Waals surface area (Å²) in [4.78, 5) is 37.7. The van der Waals surface area contributed by atoms with Crippen LogP contribution in [0, 0.1) is 10.1 Å². The molecule has 0 radical (unpaired) electrons. The van der Waals surface area contributed by atoms with Gasteiger partial charge < -0.3 is 5.32 Å². The van der Waals surface area contributed by atoms with Crippen molar-refractivity contribution in [3.63, 3.8) is 0 Å². The number of pyridine rings is 1. The van der Waals surface area contributed by atoms with E-state index in [9.17, 15) is 19.7 Å². The van der Waals surface area contributed by atoms with Crippen LogP contribution in [0.4, 0.5) is 11.4 Å². The van der Waals surface area contributed by atoms with Crippen molar-refractivity contribution in [1.29, 1.82) is 0 Å². The molecular formula is C17H17N5O4. The fourth-order valence-corrected chi connectivity index (χ4v) is 2.03. The molecule has 0 aliphatic rings. The molecule has 1 aromatic carbocycles. The van der Waals surface area contributed by atoms with Gasteiger partial charge in [-0.1, -0.05) is 12.1 Å². The van der Waals surface area contributed by atoms with E-state index in [1.807, 2.05) is 0 Å². The predicted octanol–water partition coefficient (Wildman–Crippen LogP) is 2.05. The number of nitrogens with zero attached hydrogens (tertiary/aromatic N) is 3. The van der Waals surface area contributed by atoms with Crippen LogP contribution < -0.4 is 10.7 Å². The lowest BCUT2D eigenvalue weighted by atomic mass is 10.1. The first kappa shape index (κ1) is 18.7. The maximum atomic E-state index is 11.9. The number of rotatable bonds is 7. The summed E-state index contributed by atoms with van der Waals surface area (Å²) in [5.41, 5.74) is 3.95. The van der Waals surface area contributed by atoms with Gasteiger partial charge in [-0.25, -0.2) is 5.43 Å². The van der Waals surface area contributed by atoms with Crippen molar-refractivity contribution in [1.82, 2.24) is 10.4 Å². The smallest absolute Gasteiger partial charge is 0.269 e. The van der Waals surface area contributed by atoms with Crippen molar-refractivity contribution in [3.8, 4) is 0 Å². The van der Waals surface area contributed by atoms with Crippen LogP contribution in [0.2, 0.25) is 0 Å². The lowest BCUT2D eigenvalue weighted by Crippen LogP contribution is -2.22. The summed E-state index contributed by atoms with van der Waals surface area (Å²) >= 11 is 0. The Morgan fingerprint density at radius 2 is 1.92 bits per heavy atom. The molecule has 9 nitrogen and oxygen atoms in total. The number of benzene rings is 1. The molecule has 1 aromatic heterocycles. The fraction of sp³-hybridized carbons (Fsp3) is 0.176. The molecule has 0 aliphatic carbocycles. The van der Waals surface area contributed by atoms with E-state index in [1.165, 1.54) is 30.5 Å². The molecule has 0 aliphatic heterocycles. The van der Waals surface area contributed by atoms with Crippen LogP contribution in [0.5, 0.6) is 0 Å². The Balaban J connectivity index is 1.80. The number of carbonyl (C=O) groups is 2. The molecule has 0 bridgehead atoms. The van der Waals surface area contributed by atoms with E-state index in [-0.39, 0.29) is 30.3 Å². The van der Waals surface area contributed by atoms with Crippen LogP contribution in [0.3, 0.4) is 0 Å². The minimum Gasteiger partial charge on any atom is -0.324 e. The summed E-state index contributed by atoms with van der Waals surface area (Å²) in [6.07, 6.45) is 3.17. The summed E-state index contributed by atoms with van der Waals surface area (Å²) in [6, 6.07) is 9.10. The van der Waals surface area contributed by atoms with Crippen LogP contribution in [-0.2, 0) is 16.0 Å². The van der Waals surface area contributed by atoms with E-state index >= 15 is 0 Å². The molecule has 134 valence electrons. The van der Waals surface area contributed by atoms with Gasteiger partial charge in [0.2, 0.25) is 11.8 Å². The molecule has 0 saturated carbocycles. The molecule has 2 amide bonds. The minimum absolute atomic E-state index is 0.0205. The topological polar surface area (TPSA) is 127 Å². The van der Waals surface area contributed by atoms with Crippen LogP contribution in [0.25, 0.3) is 0 Å². The first-order chi connectivity index (χ1) is 12.4. The highest BCUT2D eigenvalue weighted by molar-refractivity contribution is 6.05. The molecule has 2 N–H and O–H groups in total. The first-order valence-electron chi connectivity index (χ1n) is 7.69. The zero-order valence-electron chi connectivity index (χ0n) is 14.0. The number of nitrogens with one attached hydrogen (secondary N) is 2. The zero-order valence-corrected chi connectivity index (χ0v) is 14.0. The highest BCUT2D eigenvalue weighted by Gasteiger charge is 2.08. The lowest BCUT2D eigenvalue weighted by molar-refractivity contribution is -0.384. The second-order valence-corrected chi connectivity index (χ2v) is 5.45. The number of nitro benzene ring substituents is 1. The maximum absolute atomic E-state index is 11.9. The highest BCUT2D eigenvalue weighted by Crippen LogP contribution is 2.12. The number of hydrogen-bond donors (Lipinski definition) is 2. The van der Waals surface area contributed by atoms with Gasteiger partial charge in [-0.05, 0) is 24.6 Å². The van der Waals surface area contributed by atoms with Gasteiger partial charge in [0.1, 0.15) is 0 Å². The standard InChI is InChI=1S/C17H17N5O4/c1-12(9-16(23)19-14-3-2-8-18-11-14)20-21-17(24)10-13-4-6-15(7-5-13)22(25)26/h2-8,11H,9-10H2,1H3,(H,19,23)(H,21,24)/b20-12+. The van der Waals surface area contributed by atoms with E-state index in [0.717, 1.165) is 0 Å². The average Bonchev–Trinajstić information content (AvgIpc) is 2.61. The summed E-state index contributed by atoms with van der Waals surface area (Å²) < 4.78 is 0. The number of hydrazone groups is 1. The Labute approximate surface area is 149 Å². The molecule has 2 rings (SSSR count). The van der Waals surface area contributed by atoms with Gasteiger partial charge in [-0.2, -0.15) is 5.10 Å². The Hall–Kier alpha value is -3.62. The van der Waals surface area contributed by atoms with Gasteiger partial charge in [0.25, 0.3) is 5.69 Å². The van der Waals surface area contributed by atoms with E-state index in [1.54, 1.807) is 25.3 Å². The van der Waals surface area contributed by atoms with Gasteiger partial charge in [-0.15, -0.1) is 0 Å². The quantitative estimate of drug-likeness (QED) is 0.446. The van der Waals surface area contributed by atoms with E-state index < -0.39 is 4.92 Å². The van der Waals surface area contributed by atoms with Crippen LogP contribution in [-0.4, -0.2) is 27.4 Å². The van der Waals surface area contributed by atoms with Gasteiger partial charge >= 0.3 is 0 Å². The third-order valence-electron chi connectivity index (χ3n) is 3.24. The number of non-ortho nitro benzene ring substituents is 1. The van der Waals surface area contributed by atoms with Crippen molar-refractivity contribution >= 4 is 28.9 Å². The molecule has 0 fully saturated rings. The minimum atomic E-state index is -0.506. The largest absolute Gasteiger partial charge is 0.324 e. The Morgan fingerprint density at radius 1 is 1.19 bits per heavy atom. The third kappa shape index (κ3) is 6.11. The van der Waals surface area contributed by atoms with Crippen LogP contribution in [0.1, 0.15) is 18.9 Å². The summed E-state index contributed by atoms with van der Waals surface area (Å²) in [5, 5.41) is 17.1. The number of carbonyl (C=O) groups excluding carboxylic acids is 2. The molecule has 2 aromatic rings. The Bertz CT molecular complexity index is 819. The second-order valence-electron chi connectivity index (χ2n) is 5.45. The number of amides is 2. The van der Waals surface area contributed by atoms with Crippen molar-refractivity contribution in [2.45, 2.75) is 19.8 Å². The monoisotopic (exact) mass is 355 g/mol. The molecule has 0 saturated heterocycles. The number of hydrogen-bond acceptors (Lipinski definition) is 6. The predicted molar refractivity (Wildman–Crippen MR) is 95.5 cm³/mol. The van der Waals surface area contributed by atoms with Gasteiger partial charge in [-0.3, -0.25) is 24.7 Å². The summed E-state index contributed by atoms with van der Waals surface area (Å²) in [7, 11) is 0. The normalized spacial score (nSPS) is 10.9. The zero-order chi connectivity index (χ0) is 18.9. The molecular weight excluding hydrogens is 338 g/mol. The molecule has 1 heterocycles. The molecule has 26 heavy (non-hydrogen) atoms. The van der Waals surface area contributed by atoms with Gasteiger partial charge in [0.05, 0.1) is 29.6 Å². The molecule has 0 atom stereocenters. The maximum Gasteiger partial charge on any atom is 0.269 e. The Kier molecular flexibility index (Phi) is 6.49. The highest BCUT2D eigenvalue weighted by atomic mass is 16.6.